The van der Waals surface area contributed by atoms with Crippen LogP contribution in [-0.4, -0.2) is 26.4 Å². The first kappa shape index (κ1) is 17.8. The topological polar surface area (TPSA) is 51.8 Å². The molecule has 0 aliphatic rings. The molecule has 0 bridgehead atoms. The first-order valence-electron chi connectivity index (χ1n) is 7.12. The minimum Gasteiger partial charge on any atom is -0.493 e. The summed E-state index contributed by atoms with van der Waals surface area (Å²) in [5.74, 6) is 1.16. The Morgan fingerprint density at radius 1 is 0.958 bits per heavy atom. The van der Waals surface area contributed by atoms with E-state index in [1.165, 1.54) is 33.5 Å². The van der Waals surface area contributed by atoms with Crippen molar-refractivity contribution in [1.29, 1.82) is 0 Å². The normalized spacial score (nSPS) is 10.0. The van der Waals surface area contributed by atoms with Crippen LogP contribution in [0.15, 0.2) is 30.3 Å². The number of halogens is 1. The number of aryl methyl sites for hydroxylation is 1. The number of hydrogen-bond acceptors (Lipinski definition) is 4. The van der Waals surface area contributed by atoms with E-state index in [0.717, 1.165) is 5.56 Å². The highest BCUT2D eigenvalue weighted by molar-refractivity contribution is 7.80. The Morgan fingerprint density at radius 3 is 2.12 bits per heavy atom. The molecular weight excluding hydrogens is 331 g/mol. The lowest BCUT2D eigenvalue weighted by Crippen LogP contribution is -2.19. The first-order valence-corrected chi connectivity index (χ1v) is 7.53. The van der Waals surface area contributed by atoms with Gasteiger partial charge in [-0.1, -0.05) is 6.07 Å². The minimum atomic E-state index is -0.335. The van der Waals surface area contributed by atoms with Crippen molar-refractivity contribution in [3.05, 3.63) is 41.7 Å². The molecule has 0 radical (unpaired) electrons. The highest BCUT2D eigenvalue weighted by atomic mass is 32.1. The van der Waals surface area contributed by atoms with E-state index in [4.69, 9.17) is 26.4 Å². The molecule has 0 aliphatic heterocycles. The van der Waals surface area contributed by atoms with Crippen LogP contribution >= 0.6 is 12.2 Å². The maximum atomic E-state index is 13.4. The zero-order valence-corrected chi connectivity index (χ0v) is 14.7. The largest absolute Gasteiger partial charge is 0.493 e. The summed E-state index contributed by atoms with van der Waals surface area (Å²) >= 11 is 5.28. The molecular formula is C17H19FN2O3S. The van der Waals surface area contributed by atoms with E-state index in [-0.39, 0.29) is 5.82 Å². The second kappa shape index (κ2) is 7.83. The zero-order valence-electron chi connectivity index (χ0n) is 13.9. The van der Waals surface area contributed by atoms with Gasteiger partial charge >= 0.3 is 0 Å². The summed E-state index contributed by atoms with van der Waals surface area (Å²) in [6.07, 6.45) is 0. The Kier molecular flexibility index (Phi) is 5.81. The molecule has 2 N–H and O–H groups in total. The Morgan fingerprint density at radius 2 is 1.58 bits per heavy atom. The molecule has 2 rings (SSSR count). The van der Waals surface area contributed by atoms with E-state index in [0.29, 0.717) is 33.7 Å². The van der Waals surface area contributed by atoms with E-state index in [1.54, 1.807) is 18.2 Å². The Hall–Kier alpha value is -2.54. The van der Waals surface area contributed by atoms with E-state index >= 15 is 0 Å². The lowest BCUT2D eigenvalue weighted by Gasteiger charge is -2.16. The van der Waals surface area contributed by atoms with Gasteiger partial charge in [0.05, 0.1) is 21.3 Å². The summed E-state index contributed by atoms with van der Waals surface area (Å²) in [6.45, 7) is 1.86. The number of anilines is 2. The minimum absolute atomic E-state index is 0.318. The summed E-state index contributed by atoms with van der Waals surface area (Å²) in [4.78, 5) is 0. The maximum absolute atomic E-state index is 13.4. The van der Waals surface area contributed by atoms with Gasteiger partial charge < -0.3 is 24.8 Å². The van der Waals surface area contributed by atoms with E-state index < -0.39 is 0 Å². The third kappa shape index (κ3) is 4.05. The van der Waals surface area contributed by atoms with Crippen LogP contribution in [0.2, 0.25) is 0 Å². The van der Waals surface area contributed by atoms with Crippen molar-refractivity contribution in [1.82, 2.24) is 0 Å². The van der Waals surface area contributed by atoms with Crippen molar-refractivity contribution in [2.24, 2.45) is 0 Å². The molecule has 0 saturated heterocycles. The molecule has 0 aliphatic carbocycles. The molecule has 0 heterocycles. The van der Waals surface area contributed by atoms with Crippen molar-refractivity contribution >= 4 is 28.7 Å². The Bertz CT molecular complexity index is 728. The summed E-state index contributed by atoms with van der Waals surface area (Å²) in [7, 11) is 4.61. The van der Waals surface area contributed by atoms with Crippen LogP contribution in [0.3, 0.4) is 0 Å². The lowest BCUT2D eigenvalue weighted by atomic mass is 10.2. The zero-order chi connectivity index (χ0) is 17.7. The van der Waals surface area contributed by atoms with Crippen LogP contribution in [0.4, 0.5) is 15.8 Å². The van der Waals surface area contributed by atoms with E-state index in [1.807, 2.05) is 6.92 Å². The van der Waals surface area contributed by atoms with Gasteiger partial charge in [-0.2, -0.15) is 0 Å². The molecule has 0 spiro atoms. The number of benzene rings is 2. The van der Waals surface area contributed by atoms with Crippen LogP contribution in [0.25, 0.3) is 0 Å². The van der Waals surface area contributed by atoms with Crippen LogP contribution in [0, 0.1) is 12.7 Å². The van der Waals surface area contributed by atoms with Gasteiger partial charge in [-0.15, -0.1) is 0 Å². The molecule has 7 heteroatoms. The number of thiocarbonyl (C=S) groups is 1. The molecule has 0 unspecified atom stereocenters. The Labute approximate surface area is 145 Å². The van der Waals surface area contributed by atoms with Gasteiger partial charge in [-0.05, 0) is 36.8 Å². The summed E-state index contributed by atoms with van der Waals surface area (Å²) in [5.41, 5.74) is 2.13. The molecule has 0 atom stereocenters. The fourth-order valence-electron chi connectivity index (χ4n) is 2.17. The van der Waals surface area contributed by atoms with Crippen molar-refractivity contribution in [3.63, 3.8) is 0 Å². The SMILES string of the molecule is COc1cc(NC(=S)Nc2cc(F)ccc2C)cc(OC)c1OC. The standard InChI is InChI=1S/C17H19FN2O3S/c1-10-5-6-11(18)7-13(10)20-17(24)19-12-8-14(21-2)16(23-4)15(9-12)22-3/h5-9H,1-4H3,(H2,19,20,24). The van der Waals surface area contributed by atoms with Gasteiger partial charge in [-0.3, -0.25) is 0 Å². The lowest BCUT2D eigenvalue weighted by molar-refractivity contribution is 0.324. The molecule has 0 amide bonds. The fraction of sp³-hybridized carbons (Fsp3) is 0.235. The van der Waals surface area contributed by atoms with Crippen LogP contribution in [-0.2, 0) is 0 Å². The van der Waals surface area contributed by atoms with Gasteiger partial charge in [0.1, 0.15) is 5.82 Å². The second-order valence-corrected chi connectivity index (χ2v) is 5.36. The number of rotatable bonds is 5. The van der Waals surface area contributed by atoms with Gasteiger partial charge in [0.2, 0.25) is 5.75 Å². The number of nitrogens with one attached hydrogen (secondary N) is 2. The Balaban J connectivity index is 2.21. The summed E-state index contributed by atoms with van der Waals surface area (Å²) in [5, 5.41) is 6.31. The molecule has 0 saturated carbocycles. The van der Waals surface area contributed by atoms with Crippen molar-refractivity contribution < 1.29 is 18.6 Å². The quantitative estimate of drug-likeness (QED) is 0.796. The molecule has 2 aromatic carbocycles. The summed E-state index contributed by atoms with van der Waals surface area (Å²) in [6, 6.07) is 7.93. The van der Waals surface area contributed by atoms with Gasteiger partial charge in [-0.25, -0.2) is 4.39 Å². The highest BCUT2D eigenvalue weighted by Crippen LogP contribution is 2.39. The fourth-order valence-corrected chi connectivity index (χ4v) is 2.39. The van der Waals surface area contributed by atoms with Crippen LogP contribution in [0.5, 0.6) is 17.2 Å². The van der Waals surface area contributed by atoms with E-state index in [9.17, 15) is 4.39 Å². The van der Waals surface area contributed by atoms with Gasteiger partial charge in [0.25, 0.3) is 0 Å². The van der Waals surface area contributed by atoms with Crippen LogP contribution in [0.1, 0.15) is 5.56 Å². The highest BCUT2D eigenvalue weighted by Gasteiger charge is 2.14. The molecule has 0 fully saturated rings. The van der Waals surface area contributed by atoms with Gasteiger partial charge in [0.15, 0.2) is 16.6 Å². The molecule has 24 heavy (non-hydrogen) atoms. The van der Waals surface area contributed by atoms with Gasteiger partial charge in [0, 0.05) is 23.5 Å². The smallest absolute Gasteiger partial charge is 0.203 e. The summed E-state index contributed by atoms with van der Waals surface area (Å²) < 4.78 is 29.2. The number of methoxy groups -OCH3 is 3. The van der Waals surface area contributed by atoms with Crippen molar-refractivity contribution in [2.75, 3.05) is 32.0 Å². The second-order valence-electron chi connectivity index (χ2n) is 4.95. The molecule has 128 valence electrons. The monoisotopic (exact) mass is 350 g/mol. The number of hydrogen-bond donors (Lipinski definition) is 2. The van der Waals surface area contributed by atoms with E-state index in [2.05, 4.69) is 10.6 Å². The molecule has 2 aromatic rings. The first-order chi connectivity index (χ1) is 11.5. The third-order valence-electron chi connectivity index (χ3n) is 3.37. The van der Waals surface area contributed by atoms with Crippen molar-refractivity contribution in [3.8, 4) is 17.2 Å². The third-order valence-corrected chi connectivity index (χ3v) is 3.57. The number of ether oxygens (including phenoxy) is 3. The average Bonchev–Trinajstić information content (AvgIpc) is 2.57. The predicted molar refractivity (Wildman–Crippen MR) is 97.1 cm³/mol. The van der Waals surface area contributed by atoms with Crippen molar-refractivity contribution in [2.45, 2.75) is 6.92 Å². The maximum Gasteiger partial charge on any atom is 0.203 e. The molecule has 5 nitrogen and oxygen atoms in total. The predicted octanol–water partition coefficient (Wildman–Crippen LogP) is 3.97. The average molecular weight is 350 g/mol. The molecule has 0 aromatic heterocycles. The van der Waals surface area contributed by atoms with Crippen LogP contribution < -0.4 is 24.8 Å².